The lowest BCUT2D eigenvalue weighted by atomic mass is 10.1. The Kier molecular flexibility index (Phi) is 8.15. The molecule has 0 radical (unpaired) electrons. The predicted octanol–water partition coefficient (Wildman–Crippen LogP) is 2.18. The number of anilines is 2. The van der Waals surface area contributed by atoms with Crippen LogP contribution >= 0.6 is 24.8 Å². The van der Waals surface area contributed by atoms with E-state index < -0.39 is 5.54 Å². The summed E-state index contributed by atoms with van der Waals surface area (Å²) in [7, 11) is 2.09. The van der Waals surface area contributed by atoms with Gasteiger partial charge >= 0.3 is 6.03 Å². The van der Waals surface area contributed by atoms with Crippen LogP contribution in [0.15, 0.2) is 24.3 Å². The van der Waals surface area contributed by atoms with Crippen LogP contribution in [-0.4, -0.2) is 48.6 Å². The Morgan fingerprint density at radius 2 is 1.54 bits per heavy atom. The van der Waals surface area contributed by atoms with E-state index in [9.17, 15) is 9.59 Å². The summed E-state index contributed by atoms with van der Waals surface area (Å²) in [5.74, 6) is -0.150. The lowest BCUT2D eigenvalue weighted by Crippen LogP contribution is -2.44. The molecule has 0 aromatic heterocycles. The molecule has 7 nitrogen and oxygen atoms in total. The highest BCUT2D eigenvalue weighted by molar-refractivity contribution is 6.00. The smallest absolute Gasteiger partial charge is 0.319 e. The molecule has 1 aliphatic heterocycles. The summed E-state index contributed by atoms with van der Waals surface area (Å²) in [5, 5.41) is 8.62. The predicted molar refractivity (Wildman–Crippen MR) is 108 cm³/mol. The highest BCUT2D eigenvalue weighted by Crippen LogP contribution is 2.33. The second-order valence-corrected chi connectivity index (χ2v) is 6.86. The number of urea groups is 1. The molecule has 3 amide bonds. The van der Waals surface area contributed by atoms with Gasteiger partial charge in [-0.05, 0) is 70.1 Å². The number of nitrogens with zero attached hydrogens (tertiary/aromatic N) is 1. The molecule has 0 unspecified atom stereocenters. The van der Waals surface area contributed by atoms with Crippen LogP contribution in [0, 0.1) is 0 Å². The third-order valence-electron chi connectivity index (χ3n) is 4.70. The van der Waals surface area contributed by atoms with Crippen LogP contribution in [0.2, 0.25) is 0 Å². The van der Waals surface area contributed by atoms with Crippen molar-refractivity contribution in [2.75, 3.05) is 30.8 Å². The Labute approximate surface area is 166 Å². The molecular formula is C17H27Cl2N5O2. The van der Waals surface area contributed by atoms with E-state index in [2.05, 4.69) is 27.9 Å². The van der Waals surface area contributed by atoms with Gasteiger partial charge in [0.15, 0.2) is 0 Å². The summed E-state index contributed by atoms with van der Waals surface area (Å²) >= 11 is 0. The molecule has 5 N–H and O–H groups in total. The summed E-state index contributed by atoms with van der Waals surface area (Å²) in [6.45, 7) is 2.00. The van der Waals surface area contributed by atoms with Crippen LogP contribution < -0.4 is 21.7 Å². The molecule has 0 spiro atoms. The van der Waals surface area contributed by atoms with Gasteiger partial charge in [0.25, 0.3) is 0 Å². The third-order valence-corrected chi connectivity index (χ3v) is 4.70. The number of benzene rings is 1. The largest absolute Gasteiger partial charge is 0.335 e. The van der Waals surface area contributed by atoms with E-state index in [1.807, 2.05) is 0 Å². The van der Waals surface area contributed by atoms with Crippen LogP contribution in [0.5, 0.6) is 0 Å². The zero-order chi connectivity index (χ0) is 17.2. The van der Waals surface area contributed by atoms with E-state index in [4.69, 9.17) is 5.73 Å². The van der Waals surface area contributed by atoms with E-state index in [0.717, 1.165) is 38.8 Å². The average Bonchev–Trinajstić information content (AvgIpc) is 3.31. The zero-order valence-electron chi connectivity index (χ0n) is 14.8. The van der Waals surface area contributed by atoms with Crippen molar-refractivity contribution in [3.05, 3.63) is 24.3 Å². The van der Waals surface area contributed by atoms with E-state index in [0.29, 0.717) is 11.4 Å². The first-order valence-corrected chi connectivity index (χ1v) is 8.41. The van der Waals surface area contributed by atoms with Gasteiger partial charge in [0.1, 0.15) is 0 Å². The number of amides is 3. The topological polar surface area (TPSA) is 99.5 Å². The highest BCUT2D eigenvalue weighted by Gasteiger charge is 2.45. The van der Waals surface area contributed by atoms with Gasteiger partial charge in [-0.2, -0.15) is 0 Å². The first-order chi connectivity index (χ1) is 11.4. The highest BCUT2D eigenvalue weighted by atomic mass is 35.5. The van der Waals surface area contributed by atoms with Crippen molar-refractivity contribution in [3.8, 4) is 0 Å². The van der Waals surface area contributed by atoms with Gasteiger partial charge in [-0.15, -0.1) is 24.8 Å². The summed E-state index contributed by atoms with van der Waals surface area (Å²) in [4.78, 5) is 26.2. The number of hydrogen-bond donors (Lipinski definition) is 4. The summed E-state index contributed by atoms with van der Waals surface area (Å²) in [6.07, 6.45) is 3.40. The molecule has 0 bridgehead atoms. The minimum Gasteiger partial charge on any atom is -0.335 e. The second-order valence-electron chi connectivity index (χ2n) is 6.86. The third kappa shape index (κ3) is 6.02. The van der Waals surface area contributed by atoms with Crippen molar-refractivity contribution in [2.45, 2.75) is 37.3 Å². The van der Waals surface area contributed by atoms with E-state index in [1.165, 1.54) is 0 Å². The Balaban J connectivity index is 0.00000169. The molecule has 9 heteroatoms. The molecule has 3 rings (SSSR count). The van der Waals surface area contributed by atoms with E-state index in [1.54, 1.807) is 24.3 Å². The number of likely N-dealkylation sites (tertiary alicyclic amines) is 1. The van der Waals surface area contributed by atoms with Crippen LogP contribution in [0.4, 0.5) is 16.2 Å². The minimum absolute atomic E-state index is 0. The monoisotopic (exact) mass is 403 g/mol. The molecular weight excluding hydrogens is 377 g/mol. The molecule has 1 aromatic rings. The normalized spacial score (nSPS) is 18.7. The van der Waals surface area contributed by atoms with E-state index >= 15 is 0 Å². The summed E-state index contributed by atoms with van der Waals surface area (Å²) in [5.41, 5.74) is 6.53. The Bertz CT molecular complexity index is 614. The number of rotatable bonds is 4. The average molecular weight is 404 g/mol. The number of carbonyl (C=O) groups is 2. The molecule has 1 aliphatic carbocycles. The maximum atomic E-state index is 12.0. The fourth-order valence-corrected chi connectivity index (χ4v) is 2.76. The van der Waals surface area contributed by atoms with Gasteiger partial charge in [-0.3, -0.25) is 4.79 Å². The number of piperidine rings is 1. The Morgan fingerprint density at radius 3 is 2.04 bits per heavy atom. The first kappa shape index (κ1) is 22.5. The quantitative estimate of drug-likeness (QED) is 0.618. The van der Waals surface area contributed by atoms with Crippen molar-refractivity contribution < 1.29 is 9.59 Å². The van der Waals surface area contributed by atoms with Crippen molar-refractivity contribution >= 4 is 48.1 Å². The van der Waals surface area contributed by atoms with Gasteiger partial charge in [0, 0.05) is 17.4 Å². The van der Waals surface area contributed by atoms with Gasteiger partial charge in [-0.25, -0.2) is 4.79 Å². The van der Waals surface area contributed by atoms with Gasteiger partial charge in [0.05, 0.1) is 5.54 Å². The van der Waals surface area contributed by atoms with Crippen molar-refractivity contribution in [3.63, 3.8) is 0 Å². The molecule has 1 saturated carbocycles. The SMILES string of the molecule is CN1CCC(NC(=O)Nc2ccc(NC(=O)C3(N)CC3)cc2)CC1.Cl.Cl. The maximum Gasteiger partial charge on any atom is 0.319 e. The molecule has 2 aliphatic rings. The molecule has 1 aromatic carbocycles. The molecule has 0 atom stereocenters. The number of carbonyl (C=O) groups excluding carboxylic acids is 2. The van der Waals surface area contributed by atoms with Crippen LogP contribution in [0.25, 0.3) is 0 Å². The number of nitrogens with one attached hydrogen (secondary N) is 3. The minimum atomic E-state index is -0.690. The van der Waals surface area contributed by atoms with Gasteiger partial charge in [-0.1, -0.05) is 0 Å². The number of halogens is 2. The zero-order valence-corrected chi connectivity index (χ0v) is 16.4. The fourth-order valence-electron chi connectivity index (χ4n) is 2.76. The molecule has 146 valence electrons. The first-order valence-electron chi connectivity index (χ1n) is 8.41. The summed E-state index contributed by atoms with van der Waals surface area (Å²) in [6, 6.07) is 7.07. The summed E-state index contributed by atoms with van der Waals surface area (Å²) < 4.78 is 0. The Hall–Kier alpha value is -1.54. The standard InChI is InChI=1S/C17H25N5O2.2ClH/c1-22-10-6-14(7-11-22)21-16(24)20-13-4-2-12(3-5-13)19-15(23)17(18)8-9-17;;/h2-5,14H,6-11,18H2,1H3,(H,19,23)(H2,20,21,24);2*1H. The van der Waals surface area contributed by atoms with Gasteiger partial charge in [0.2, 0.25) is 5.91 Å². The van der Waals surface area contributed by atoms with Crippen molar-refractivity contribution in [1.29, 1.82) is 0 Å². The van der Waals surface area contributed by atoms with Crippen molar-refractivity contribution in [2.24, 2.45) is 5.73 Å². The number of nitrogens with two attached hydrogens (primary N) is 1. The Morgan fingerprint density at radius 1 is 1.04 bits per heavy atom. The molecule has 1 heterocycles. The molecule has 2 fully saturated rings. The van der Waals surface area contributed by atoms with Crippen molar-refractivity contribution in [1.82, 2.24) is 10.2 Å². The lowest BCUT2D eigenvalue weighted by Gasteiger charge is -2.29. The van der Waals surface area contributed by atoms with Crippen LogP contribution in [-0.2, 0) is 4.79 Å². The van der Waals surface area contributed by atoms with Crippen LogP contribution in [0.1, 0.15) is 25.7 Å². The number of hydrogen-bond acceptors (Lipinski definition) is 4. The second kappa shape index (κ2) is 9.41. The van der Waals surface area contributed by atoms with E-state index in [-0.39, 0.29) is 42.8 Å². The van der Waals surface area contributed by atoms with Gasteiger partial charge < -0.3 is 26.6 Å². The fraction of sp³-hybridized carbons (Fsp3) is 0.529. The van der Waals surface area contributed by atoms with Crippen LogP contribution in [0.3, 0.4) is 0 Å². The lowest BCUT2D eigenvalue weighted by molar-refractivity contribution is -0.118. The molecule has 1 saturated heterocycles. The molecule has 26 heavy (non-hydrogen) atoms. The maximum absolute atomic E-state index is 12.0.